The number of halogens is 2. The van der Waals surface area contributed by atoms with Gasteiger partial charge in [-0.2, -0.15) is 0 Å². The van der Waals surface area contributed by atoms with Gasteiger partial charge in [-0.05, 0) is 15.9 Å². The van der Waals surface area contributed by atoms with Gasteiger partial charge in [0.1, 0.15) is 17.3 Å². The molecule has 0 aromatic carbocycles. The van der Waals surface area contributed by atoms with Gasteiger partial charge in [0.15, 0.2) is 0 Å². The average molecular weight is 252 g/mol. The summed E-state index contributed by atoms with van der Waals surface area (Å²) in [7, 11) is 0. The van der Waals surface area contributed by atoms with Crippen molar-refractivity contribution < 1.29 is 5.11 Å². The second-order valence-electron chi connectivity index (χ2n) is 1.98. The summed E-state index contributed by atoms with van der Waals surface area (Å²) >= 11 is 8.90. The van der Waals surface area contributed by atoms with Crippen LogP contribution in [0.4, 0.5) is 5.82 Å². The van der Waals surface area contributed by atoms with E-state index >= 15 is 0 Å². The SMILES string of the molecule is OCCNc1ncnc(Cl)c1Br. The molecule has 1 rings (SSSR count). The minimum Gasteiger partial charge on any atom is -0.395 e. The van der Waals surface area contributed by atoms with Gasteiger partial charge in [-0.1, -0.05) is 11.6 Å². The molecule has 0 spiro atoms. The summed E-state index contributed by atoms with van der Waals surface area (Å²) in [5.41, 5.74) is 0. The monoisotopic (exact) mass is 251 g/mol. The largest absolute Gasteiger partial charge is 0.395 e. The van der Waals surface area contributed by atoms with Crippen molar-refractivity contribution in [1.29, 1.82) is 0 Å². The molecule has 0 aliphatic carbocycles. The van der Waals surface area contributed by atoms with Crippen molar-refractivity contribution in [2.45, 2.75) is 0 Å². The normalized spacial score (nSPS) is 9.92. The molecule has 0 atom stereocenters. The predicted octanol–water partition coefficient (Wildman–Crippen LogP) is 1.30. The highest BCUT2D eigenvalue weighted by Crippen LogP contribution is 2.25. The van der Waals surface area contributed by atoms with Crippen LogP contribution in [-0.4, -0.2) is 28.2 Å². The van der Waals surface area contributed by atoms with Crippen LogP contribution >= 0.6 is 27.5 Å². The first-order valence-electron chi connectivity index (χ1n) is 3.26. The van der Waals surface area contributed by atoms with Gasteiger partial charge >= 0.3 is 0 Å². The second-order valence-corrected chi connectivity index (χ2v) is 3.13. The van der Waals surface area contributed by atoms with Crippen LogP contribution in [0.2, 0.25) is 5.15 Å². The highest BCUT2D eigenvalue weighted by atomic mass is 79.9. The Bertz CT molecular complexity index is 271. The highest BCUT2D eigenvalue weighted by Gasteiger charge is 2.04. The van der Waals surface area contributed by atoms with Crippen LogP contribution in [0.5, 0.6) is 0 Å². The lowest BCUT2D eigenvalue weighted by molar-refractivity contribution is 0.311. The first-order chi connectivity index (χ1) is 5.75. The average Bonchev–Trinajstić information content (AvgIpc) is 2.08. The van der Waals surface area contributed by atoms with Crippen molar-refractivity contribution in [1.82, 2.24) is 9.97 Å². The van der Waals surface area contributed by atoms with E-state index in [1.807, 2.05) is 0 Å². The Morgan fingerprint density at radius 1 is 1.58 bits per heavy atom. The van der Waals surface area contributed by atoms with Crippen LogP contribution in [0.3, 0.4) is 0 Å². The van der Waals surface area contributed by atoms with E-state index in [4.69, 9.17) is 16.7 Å². The maximum atomic E-state index is 8.53. The molecule has 2 N–H and O–H groups in total. The van der Waals surface area contributed by atoms with Gasteiger partial charge in [0.25, 0.3) is 0 Å². The topological polar surface area (TPSA) is 58.0 Å². The summed E-state index contributed by atoms with van der Waals surface area (Å²) in [5, 5.41) is 11.8. The van der Waals surface area contributed by atoms with Gasteiger partial charge in [0.05, 0.1) is 11.1 Å². The lowest BCUT2D eigenvalue weighted by atomic mass is 10.5. The molecule has 6 heteroatoms. The number of nitrogens with one attached hydrogen (secondary N) is 1. The summed E-state index contributed by atoms with van der Waals surface area (Å²) in [6.45, 7) is 0.486. The van der Waals surface area contributed by atoms with E-state index in [1.54, 1.807) is 0 Å². The van der Waals surface area contributed by atoms with Gasteiger partial charge in [-0.25, -0.2) is 9.97 Å². The molecule has 1 heterocycles. The maximum absolute atomic E-state index is 8.53. The molecule has 12 heavy (non-hydrogen) atoms. The van der Waals surface area contributed by atoms with Crippen molar-refractivity contribution in [3.63, 3.8) is 0 Å². The molecule has 0 aliphatic rings. The molecule has 1 aromatic rings. The Labute approximate surface area is 83.1 Å². The third-order valence-electron chi connectivity index (χ3n) is 1.15. The minimum absolute atomic E-state index is 0.0497. The van der Waals surface area contributed by atoms with Crippen molar-refractivity contribution in [3.05, 3.63) is 16.0 Å². The van der Waals surface area contributed by atoms with E-state index in [0.717, 1.165) is 0 Å². The Balaban J connectivity index is 2.78. The fraction of sp³-hybridized carbons (Fsp3) is 0.333. The Morgan fingerprint density at radius 3 is 3.00 bits per heavy atom. The molecular weight excluding hydrogens is 245 g/mol. The minimum atomic E-state index is 0.0497. The number of hydrogen-bond donors (Lipinski definition) is 2. The van der Waals surface area contributed by atoms with E-state index in [-0.39, 0.29) is 6.61 Å². The molecule has 0 saturated heterocycles. The van der Waals surface area contributed by atoms with Crippen molar-refractivity contribution in [2.75, 3.05) is 18.5 Å². The van der Waals surface area contributed by atoms with E-state index < -0.39 is 0 Å². The predicted molar refractivity (Wildman–Crippen MR) is 50.3 cm³/mol. The fourth-order valence-corrected chi connectivity index (χ4v) is 1.12. The molecule has 1 aromatic heterocycles. The third kappa shape index (κ3) is 2.30. The number of anilines is 1. The lowest BCUT2D eigenvalue weighted by Gasteiger charge is -2.04. The van der Waals surface area contributed by atoms with E-state index in [1.165, 1.54) is 6.33 Å². The zero-order valence-corrected chi connectivity index (χ0v) is 8.43. The number of rotatable bonds is 3. The van der Waals surface area contributed by atoms with Gasteiger partial charge in [-0.15, -0.1) is 0 Å². The van der Waals surface area contributed by atoms with Crippen molar-refractivity contribution in [2.24, 2.45) is 0 Å². The second kappa shape index (κ2) is 4.59. The quantitative estimate of drug-likeness (QED) is 0.796. The number of nitrogens with zero attached hydrogens (tertiary/aromatic N) is 2. The first kappa shape index (κ1) is 9.70. The summed E-state index contributed by atoms with van der Waals surface area (Å²) in [4.78, 5) is 7.66. The van der Waals surface area contributed by atoms with Gasteiger partial charge in [0.2, 0.25) is 0 Å². The Morgan fingerprint density at radius 2 is 2.33 bits per heavy atom. The number of aliphatic hydroxyl groups excluding tert-OH is 1. The zero-order chi connectivity index (χ0) is 8.97. The summed E-state index contributed by atoms with van der Waals surface area (Å²) in [5.74, 6) is 0.587. The summed E-state index contributed by atoms with van der Waals surface area (Å²) < 4.78 is 0.611. The number of aromatic nitrogens is 2. The van der Waals surface area contributed by atoms with E-state index in [2.05, 4.69) is 31.2 Å². The van der Waals surface area contributed by atoms with Crippen LogP contribution in [0, 0.1) is 0 Å². The summed E-state index contributed by atoms with van der Waals surface area (Å²) in [6.07, 6.45) is 1.35. The van der Waals surface area contributed by atoms with Gasteiger partial charge in [-0.3, -0.25) is 0 Å². The smallest absolute Gasteiger partial charge is 0.148 e. The third-order valence-corrected chi connectivity index (χ3v) is 2.42. The molecule has 0 saturated carbocycles. The standard InChI is InChI=1S/C6H7BrClN3O/c7-4-5(8)10-3-11-6(4)9-1-2-12/h3,12H,1-2H2,(H,9,10,11). The molecule has 0 bridgehead atoms. The van der Waals surface area contributed by atoms with E-state index in [0.29, 0.717) is 22.0 Å². The molecule has 0 amide bonds. The maximum Gasteiger partial charge on any atom is 0.148 e. The van der Waals surface area contributed by atoms with E-state index in [9.17, 15) is 0 Å². The molecule has 0 unspecified atom stereocenters. The van der Waals surface area contributed by atoms with Crippen LogP contribution in [-0.2, 0) is 0 Å². The van der Waals surface area contributed by atoms with Crippen LogP contribution in [0.15, 0.2) is 10.8 Å². The lowest BCUT2D eigenvalue weighted by Crippen LogP contribution is -2.07. The van der Waals surface area contributed by atoms with Gasteiger partial charge < -0.3 is 10.4 Å². The van der Waals surface area contributed by atoms with Crippen molar-refractivity contribution in [3.8, 4) is 0 Å². The molecule has 4 nitrogen and oxygen atoms in total. The first-order valence-corrected chi connectivity index (χ1v) is 4.43. The Kier molecular flexibility index (Phi) is 3.71. The number of aliphatic hydroxyl groups is 1. The van der Waals surface area contributed by atoms with Gasteiger partial charge in [0, 0.05) is 6.54 Å². The highest BCUT2D eigenvalue weighted by molar-refractivity contribution is 9.10. The molecule has 0 radical (unpaired) electrons. The molecule has 0 fully saturated rings. The summed E-state index contributed by atoms with van der Waals surface area (Å²) in [6, 6.07) is 0. The number of hydrogen-bond acceptors (Lipinski definition) is 4. The van der Waals surface area contributed by atoms with Crippen LogP contribution in [0.1, 0.15) is 0 Å². The van der Waals surface area contributed by atoms with Crippen molar-refractivity contribution >= 4 is 33.3 Å². The fourth-order valence-electron chi connectivity index (χ4n) is 0.646. The molecule has 66 valence electrons. The van der Waals surface area contributed by atoms with Crippen LogP contribution in [0.25, 0.3) is 0 Å². The van der Waals surface area contributed by atoms with Crippen LogP contribution < -0.4 is 5.32 Å². The zero-order valence-electron chi connectivity index (χ0n) is 6.09. The molecular formula is C6H7BrClN3O. The molecule has 0 aliphatic heterocycles. The Hall–Kier alpha value is -0.390.